The average molecular weight is 364 g/mol. The predicted molar refractivity (Wildman–Crippen MR) is 90.5 cm³/mol. The van der Waals surface area contributed by atoms with Crippen LogP contribution >= 0.6 is 23.4 Å². The van der Waals surface area contributed by atoms with Gasteiger partial charge in [-0.1, -0.05) is 16.7 Å². The first-order chi connectivity index (χ1) is 11.6. The maximum absolute atomic E-state index is 12.9. The fourth-order valence-electron chi connectivity index (χ4n) is 1.82. The fourth-order valence-corrected chi connectivity index (χ4v) is 2.64. The molecular weight excluding hydrogens is 353 g/mol. The Balaban J connectivity index is 1.57. The van der Waals surface area contributed by atoms with Gasteiger partial charge in [0.2, 0.25) is 11.8 Å². The Hall–Kier alpha value is -2.38. The first kappa shape index (κ1) is 16.5. The lowest BCUT2D eigenvalue weighted by Crippen LogP contribution is -2.14. The quantitative estimate of drug-likeness (QED) is 0.686. The summed E-state index contributed by atoms with van der Waals surface area (Å²) in [6.45, 7) is 0. The number of amides is 1. The van der Waals surface area contributed by atoms with Crippen LogP contribution in [0.3, 0.4) is 0 Å². The third-order valence-electron chi connectivity index (χ3n) is 2.95. The van der Waals surface area contributed by atoms with Gasteiger partial charge in [-0.3, -0.25) is 10.1 Å². The normalized spacial score (nSPS) is 10.6. The number of anilines is 1. The number of carbonyl (C=O) groups excluding carboxylic acids is 1. The van der Waals surface area contributed by atoms with Crippen LogP contribution < -0.4 is 5.32 Å². The molecule has 0 unspecified atom stereocenters. The summed E-state index contributed by atoms with van der Waals surface area (Å²) in [6.07, 6.45) is 0. The van der Waals surface area contributed by atoms with Crippen LogP contribution in [0.4, 0.5) is 10.4 Å². The number of nitrogens with one attached hydrogen (secondary N) is 1. The minimum Gasteiger partial charge on any atom is -0.403 e. The maximum atomic E-state index is 12.9. The Morgan fingerprint density at radius 3 is 2.54 bits per heavy atom. The molecule has 0 aliphatic heterocycles. The van der Waals surface area contributed by atoms with E-state index >= 15 is 0 Å². The Morgan fingerprint density at radius 1 is 1.12 bits per heavy atom. The molecule has 3 rings (SSSR count). The molecule has 8 heteroatoms. The third kappa shape index (κ3) is 4.33. The van der Waals surface area contributed by atoms with Crippen LogP contribution in [0, 0.1) is 5.82 Å². The van der Waals surface area contributed by atoms with E-state index in [1.807, 2.05) is 12.1 Å². The van der Waals surface area contributed by atoms with Gasteiger partial charge in [0, 0.05) is 15.5 Å². The van der Waals surface area contributed by atoms with Gasteiger partial charge in [0.05, 0.1) is 5.75 Å². The number of rotatable bonds is 5. The van der Waals surface area contributed by atoms with E-state index in [1.165, 1.54) is 36.0 Å². The summed E-state index contributed by atoms with van der Waals surface area (Å²) in [4.78, 5) is 12.8. The summed E-state index contributed by atoms with van der Waals surface area (Å²) < 4.78 is 18.2. The molecule has 1 amide bonds. The molecule has 0 saturated heterocycles. The summed E-state index contributed by atoms with van der Waals surface area (Å²) >= 11 is 7.17. The standard InChI is InChI=1S/C16H11ClFN3O2S/c17-11-3-7-13(8-4-11)24-9-14(22)19-16-21-20-15(23-16)10-1-5-12(18)6-2-10/h1-8H,9H2,(H,19,21,22). The van der Waals surface area contributed by atoms with Gasteiger partial charge in [0.15, 0.2) is 0 Å². The summed E-state index contributed by atoms with van der Waals surface area (Å²) in [7, 11) is 0. The van der Waals surface area contributed by atoms with E-state index < -0.39 is 0 Å². The SMILES string of the molecule is O=C(CSc1ccc(Cl)cc1)Nc1nnc(-c2ccc(F)cc2)o1. The number of thioether (sulfide) groups is 1. The second kappa shape index (κ2) is 7.46. The molecule has 3 aromatic rings. The van der Waals surface area contributed by atoms with Crippen molar-refractivity contribution in [2.75, 3.05) is 11.1 Å². The minimum atomic E-state index is -0.356. The summed E-state index contributed by atoms with van der Waals surface area (Å²) in [6, 6.07) is 12.8. The number of hydrogen-bond acceptors (Lipinski definition) is 5. The van der Waals surface area contributed by atoms with E-state index in [4.69, 9.17) is 16.0 Å². The highest BCUT2D eigenvalue weighted by Crippen LogP contribution is 2.22. The molecular formula is C16H11ClFN3O2S. The Kier molecular flexibility index (Phi) is 5.12. The molecule has 0 radical (unpaired) electrons. The monoisotopic (exact) mass is 363 g/mol. The summed E-state index contributed by atoms with van der Waals surface area (Å²) in [5.74, 6) is -0.235. The Bertz CT molecular complexity index is 837. The average Bonchev–Trinajstić information content (AvgIpc) is 3.03. The zero-order valence-corrected chi connectivity index (χ0v) is 13.8. The van der Waals surface area contributed by atoms with Crippen LogP contribution in [0.5, 0.6) is 0 Å². The molecule has 0 aliphatic carbocycles. The third-order valence-corrected chi connectivity index (χ3v) is 4.21. The van der Waals surface area contributed by atoms with E-state index in [9.17, 15) is 9.18 Å². The zero-order chi connectivity index (χ0) is 16.9. The van der Waals surface area contributed by atoms with Crippen molar-refractivity contribution in [3.63, 3.8) is 0 Å². The van der Waals surface area contributed by atoms with Gasteiger partial charge < -0.3 is 4.42 Å². The first-order valence-corrected chi connectivity index (χ1v) is 8.24. The number of hydrogen-bond donors (Lipinski definition) is 1. The number of nitrogens with zero attached hydrogens (tertiary/aromatic N) is 2. The Labute approximate surface area is 146 Å². The molecule has 1 N–H and O–H groups in total. The molecule has 1 heterocycles. The van der Waals surface area contributed by atoms with Gasteiger partial charge in [-0.25, -0.2) is 4.39 Å². The van der Waals surface area contributed by atoms with E-state index in [0.29, 0.717) is 10.6 Å². The molecule has 0 saturated carbocycles. The highest BCUT2D eigenvalue weighted by molar-refractivity contribution is 8.00. The maximum Gasteiger partial charge on any atom is 0.322 e. The lowest BCUT2D eigenvalue weighted by molar-refractivity contribution is -0.113. The summed E-state index contributed by atoms with van der Waals surface area (Å²) in [5, 5.41) is 10.7. The van der Waals surface area contributed by atoms with E-state index in [0.717, 1.165) is 4.90 Å². The number of halogens is 2. The van der Waals surface area contributed by atoms with Crippen LogP contribution in [-0.4, -0.2) is 21.9 Å². The van der Waals surface area contributed by atoms with Crippen molar-refractivity contribution >= 4 is 35.3 Å². The molecule has 0 atom stereocenters. The van der Waals surface area contributed by atoms with Crippen LogP contribution in [-0.2, 0) is 4.79 Å². The molecule has 2 aromatic carbocycles. The van der Waals surface area contributed by atoms with E-state index in [-0.39, 0.29) is 29.4 Å². The van der Waals surface area contributed by atoms with Gasteiger partial charge >= 0.3 is 6.01 Å². The van der Waals surface area contributed by atoms with Crippen LogP contribution in [0.25, 0.3) is 11.5 Å². The van der Waals surface area contributed by atoms with Gasteiger partial charge in [-0.15, -0.1) is 16.9 Å². The first-order valence-electron chi connectivity index (χ1n) is 6.88. The van der Waals surface area contributed by atoms with Crippen molar-refractivity contribution in [2.45, 2.75) is 4.90 Å². The molecule has 122 valence electrons. The molecule has 0 fully saturated rings. The highest BCUT2D eigenvalue weighted by atomic mass is 35.5. The van der Waals surface area contributed by atoms with Crippen molar-refractivity contribution < 1.29 is 13.6 Å². The van der Waals surface area contributed by atoms with Crippen molar-refractivity contribution in [3.05, 3.63) is 59.4 Å². The smallest absolute Gasteiger partial charge is 0.322 e. The van der Waals surface area contributed by atoms with Gasteiger partial charge in [-0.2, -0.15) is 0 Å². The lowest BCUT2D eigenvalue weighted by Gasteiger charge is -2.01. The van der Waals surface area contributed by atoms with Crippen molar-refractivity contribution in [1.29, 1.82) is 0 Å². The van der Waals surface area contributed by atoms with Crippen molar-refractivity contribution in [2.24, 2.45) is 0 Å². The second-order valence-corrected chi connectivity index (χ2v) is 6.20. The van der Waals surface area contributed by atoms with Gasteiger partial charge in [0.1, 0.15) is 5.82 Å². The number of benzene rings is 2. The van der Waals surface area contributed by atoms with Crippen molar-refractivity contribution in [1.82, 2.24) is 10.2 Å². The minimum absolute atomic E-state index is 0.00367. The highest BCUT2D eigenvalue weighted by Gasteiger charge is 2.11. The number of carbonyl (C=O) groups is 1. The molecule has 1 aromatic heterocycles. The second-order valence-electron chi connectivity index (χ2n) is 4.71. The van der Waals surface area contributed by atoms with Gasteiger partial charge in [0.25, 0.3) is 0 Å². The molecule has 0 aliphatic rings. The fraction of sp³-hybridized carbons (Fsp3) is 0.0625. The van der Waals surface area contributed by atoms with Crippen LogP contribution in [0.15, 0.2) is 57.8 Å². The van der Waals surface area contributed by atoms with Gasteiger partial charge in [-0.05, 0) is 48.5 Å². The van der Waals surface area contributed by atoms with Crippen molar-refractivity contribution in [3.8, 4) is 11.5 Å². The number of aromatic nitrogens is 2. The molecule has 0 spiro atoms. The lowest BCUT2D eigenvalue weighted by atomic mass is 10.2. The zero-order valence-electron chi connectivity index (χ0n) is 12.2. The predicted octanol–water partition coefficient (Wildman–Crippen LogP) is 4.26. The molecule has 5 nitrogen and oxygen atoms in total. The molecule has 0 bridgehead atoms. The topological polar surface area (TPSA) is 68.0 Å². The molecule has 24 heavy (non-hydrogen) atoms. The van der Waals surface area contributed by atoms with Crippen LogP contribution in [0.1, 0.15) is 0 Å². The van der Waals surface area contributed by atoms with E-state index in [1.54, 1.807) is 12.1 Å². The summed E-state index contributed by atoms with van der Waals surface area (Å²) in [5.41, 5.74) is 0.569. The van der Waals surface area contributed by atoms with E-state index in [2.05, 4.69) is 15.5 Å². The van der Waals surface area contributed by atoms with Crippen LogP contribution in [0.2, 0.25) is 5.02 Å². The Morgan fingerprint density at radius 2 is 1.83 bits per heavy atom. The largest absolute Gasteiger partial charge is 0.403 e.